The van der Waals surface area contributed by atoms with Crippen molar-refractivity contribution in [2.24, 2.45) is 16.6 Å². The predicted octanol–water partition coefficient (Wildman–Crippen LogP) is 4.34. The molecule has 4 rings (SSSR count). The first kappa shape index (κ1) is 31.6. The van der Waals surface area contributed by atoms with Gasteiger partial charge >= 0.3 is 0 Å². The number of amides is 1. The zero-order valence-electron chi connectivity index (χ0n) is 21.2. The summed E-state index contributed by atoms with van der Waals surface area (Å²) < 4.78 is 32.9. The molecule has 0 heterocycles. The first-order valence-corrected chi connectivity index (χ1v) is 16.3. The summed E-state index contributed by atoms with van der Waals surface area (Å²) in [5.74, 6) is -2.69. The van der Waals surface area contributed by atoms with Crippen LogP contribution in [0.3, 0.4) is 0 Å². The van der Waals surface area contributed by atoms with E-state index in [-0.39, 0.29) is 34.6 Å². The van der Waals surface area contributed by atoms with Crippen LogP contribution in [-0.2, 0) is 33.3 Å². The summed E-state index contributed by atoms with van der Waals surface area (Å²) in [6, 6.07) is 4.64. The van der Waals surface area contributed by atoms with Crippen LogP contribution in [0.4, 0.5) is 0 Å². The number of ketones is 2. The maximum Gasteiger partial charge on any atom is 0.288 e. The zero-order valence-corrected chi connectivity index (χ0v) is 29.1. The van der Waals surface area contributed by atoms with Crippen LogP contribution in [0.15, 0.2) is 45.6 Å². The fraction of sp³-hybridized carbons (Fsp3) is 0.409. The van der Waals surface area contributed by atoms with Gasteiger partial charge in [-0.25, -0.2) is 0 Å². The average Bonchev–Trinajstić information content (AvgIpc) is 2.93. The molecule has 3 aliphatic rings. The number of carbonyl (C=O) groups is 3. The van der Waals surface area contributed by atoms with E-state index in [9.17, 15) is 14.4 Å². The number of fused-ring (bicyclic) bond motifs is 3. The van der Waals surface area contributed by atoms with Crippen molar-refractivity contribution < 1.29 is 37.0 Å². The maximum atomic E-state index is 14.4. The molecule has 0 aromatic heterocycles. The third kappa shape index (κ3) is 4.55. The van der Waals surface area contributed by atoms with Gasteiger partial charge in [-0.05, 0) is 39.1 Å². The first-order chi connectivity index (χ1) is 18.5. The number of likely N-dealkylation sites (N-methyl/N-ethyl adjacent to an activating group) is 1. The van der Waals surface area contributed by atoms with E-state index in [1.165, 1.54) is 0 Å². The number of rotatable bonds is 7. The fourth-order valence-corrected chi connectivity index (χ4v) is 8.15. The van der Waals surface area contributed by atoms with Crippen LogP contribution in [0.2, 0.25) is 0 Å². The lowest BCUT2D eigenvalue weighted by Crippen LogP contribution is -2.65. The lowest BCUT2D eigenvalue weighted by Gasteiger charge is -2.55. The number of hydrogen-bond donors (Lipinski definition) is 0. The van der Waals surface area contributed by atoms with E-state index < -0.39 is 46.6 Å². The molecule has 0 N–H and O–H groups in total. The molecule has 17 heteroatoms. The zero-order chi connectivity index (χ0) is 28.9. The van der Waals surface area contributed by atoms with Gasteiger partial charge in [0.05, 0.1) is 40.0 Å². The lowest BCUT2D eigenvalue weighted by molar-refractivity contribution is -0.143. The van der Waals surface area contributed by atoms with Crippen molar-refractivity contribution in [1.29, 1.82) is 0 Å². The third-order valence-electron chi connectivity index (χ3n) is 7.82. The molecule has 1 aromatic carbocycles. The van der Waals surface area contributed by atoms with Gasteiger partial charge in [-0.3, -0.25) is 19.3 Å². The summed E-state index contributed by atoms with van der Waals surface area (Å²) in [7, 11) is 17.1. The number of benzene rings is 1. The van der Waals surface area contributed by atoms with Gasteiger partial charge in [-0.2, -0.15) is 4.74 Å². The van der Waals surface area contributed by atoms with Gasteiger partial charge in [-0.1, -0.05) is 21.1 Å². The Bertz CT molecular complexity index is 1340. The van der Waals surface area contributed by atoms with E-state index in [1.54, 1.807) is 26.2 Å². The van der Waals surface area contributed by atoms with Gasteiger partial charge < -0.3 is 22.6 Å². The van der Waals surface area contributed by atoms with E-state index in [4.69, 9.17) is 22.6 Å². The molecule has 0 bridgehead atoms. The molecule has 210 valence electrons. The highest BCUT2D eigenvalue weighted by atomic mass is 32.0. The minimum absolute atomic E-state index is 0.0281. The van der Waals surface area contributed by atoms with Crippen LogP contribution in [-0.4, -0.2) is 48.1 Å². The maximum absolute atomic E-state index is 14.4. The van der Waals surface area contributed by atoms with Gasteiger partial charge in [-0.15, -0.1) is 0 Å². The minimum Gasteiger partial charge on any atom is -0.482 e. The van der Waals surface area contributed by atoms with Crippen molar-refractivity contribution in [3.63, 3.8) is 0 Å². The fourth-order valence-electron chi connectivity index (χ4n) is 6.20. The number of nitrogens with zero attached hydrogens (tertiary/aromatic N) is 2. The van der Waals surface area contributed by atoms with E-state index in [0.29, 0.717) is 19.4 Å². The Balaban J connectivity index is 2.14. The molecule has 0 saturated heterocycles. The van der Waals surface area contributed by atoms with Gasteiger partial charge in [0.1, 0.15) is 28.4 Å². The van der Waals surface area contributed by atoms with Crippen molar-refractivity contribution in [3.8, 4) is 5.75 Å². The van der Waals surface area contributed by atoms with E-state index in [0.717, 1.165) is 0 Å². The van der Waals surface area contributed by atoms with Gasteiger partial charge in [0.25, 0.3) is 5.91 Å². The quantitative estimate of drug-likeness (QED) is 0.310. The molecule has 39 heavy (non-hydrogen) atoms. The molecule has 1 aromatic rings. The normalized spacial score (nSPS) is 30.4. The lowest BCUT2D eigenvalue weighted by atomic mass is 9.55. The molecule has 3 aliphatic carbocycles. The van der Waals surface area contributed by atoms with Crippen LogP contribution < -0.4 is 4.52 Å². The molecule has 0 saturated carbocycles. The van der Waals surface area contributed by atoms with E-state index >= 15 is 0 Å². The van der Waals surface area contributed by atoms with Crippen LogP contribution >= 0.6 is 64.3 Å². The largest absolute Gasteiger partial charge is 0.482 e. The number of carbonyl (C=O) groups excluding carboxylic acids is 3. The SMILES string of the molecule is CN(C)[C@@H]1C(OP)=C(C(=O)/N=P/P)C(=O)[C@@]2(OP)C(OP)=C3C(=O)c4c(OP)cccc4[C@@](C)(OP)[C@H]3C[C@@H]12. The Labute approximate surface area is 242 Å². The molecule has 6 unspecified atom stereocenters. The number of hydrogen-bond acceptors (Lipinski definition) is 9. The first-order valence-electron chi connectivity index (χ1n) is 11.4. The van der Waals surface area contributed by atoms with Crippen molar-refractivity contribution in [2.75, 3.05) is 14.1 Å². The Morgan fingerprint density at radius 3 is 2.28 bits per heavy atom. The third-order valence-corrected chi connectivity index (χ3v) is 10.1. The highest BCUT2D eigenvalue weighted by molar-refractivity contribution is 7.97. The molecule has 0 aliphatic heterocycles. The van der Waals surface area contributed by atoms with Gasteiger partial charge in [0.15, 0.2) is 11.4 Å². The second-order valence-electron chi connectivity index (χ2n) is 9.57. The molecule has 11 atom stereocenters. The smallest absolute Gasteiger partial charge is 0.288 e. The molecular formula is C22H29N2O8P7. The topological polar surface area (TPSA) is 113 Å². The highest BCUT2D eigenvalue weighted by Gasteiger charge is 2.68. The molecule has 0 spiro atoms. The van der Waals surface area contributed by atoms with Crippen LogP contribution in [0.5, 0.6) is 5.75 Å². The highest BCUT2D eigenvalue weighted by Crippen LogP contribution is 2.61. The minimum atomic E-state index is -1.87. The Morgan fingerprint density at radius 2 is 1.77 bits per heavy atom. The molecule has 10 nitrogen and oxygen atoms in total. The van der Waals surface area contributed by atoms with Crippen molar-refractivity contribution in [2.45, 2.75) is 30.6 Å². The summed E-state index contributed by atoms with van der Waals surface area (Å²) in [5.41, 5.74) is -2.08. The Morgan fingerprint density at radius 1 is 1.08 bits per heavy atom. The molecule has 1 amide bonds. The summed E-state index contributed by atoms with van der Waals surface area (Å²) in [4.78, 5) is 43.8. The summed E-state index contributed by atoms with van der Waals surface area (Å²) in [6.45, 7) is 1.88. The van der Waals surface area contributed by atoms with Crippen molar-refractivity contribution >= 4 is 81.8 Å². The molecule has 0 fully saturated rings. The van der Waals surface area contributed by atoms with Crippen molar-refractivity contribution in [3.05, 3.63) is 52.0 Å². The molecule has 0 radical (unpaired) electrons. The van der Waals surface area contributed by atoms with E-state index in [1.807, 2.05) is 17.9 Å². The summed E-state index contributed by atoms with van der Waals surface area (Å²) in [6.07, 6.45) is 0.246. The molecular weight excluding hydrogens is 637 g/mol. The number of Topliss-reactive ketones (excluding diaryl/α,β-unsaturated/α-hetero) is 2. The summed E-state index contributed by atoms with van der Waals surface area (Å²) in [5, 5.41) is 0. The average molecular weight is 666 g/mol. The van der Waals surface area contributed by atoms with Crippen LogP contribution in [0.25, 0.3) is 0 Å². The Kier molecular flexibility index (Phi) is 9.81. The summed E-state index contributed by atoms with van der Waals surface area (Å²) >= 11 is 0. The second kappa shape index (κ2) is 12.1. The standard InChI is InChI=1S/C22H29N2O8P7/c1-21(31-36)8-5-4-6-11(28-33)12(8)16(25)13-9(21)7-10-15(24(2)3)17(29-34)14(20(27)23-39-38)18(26)22(10,32-37)19(13)30-35/h4-6,9-10,15H,7,33-38H2,1-3H3/t9-,10-,15-,21+,22+/m0/s1. The van der Waals surface area contributed by atoms with Crippen LogP contribution in [0, 0.1) is 11.8 Å². The van der Waals surface area contributed by atoms with Crippen LogP contribution in [0.1, 0.15) is 29.3 Å². The van der Waals surface area contributed by atoms with Gasteiger partial charge in [0, 0.05) is 44.4 Å². The predicted molar refractivity (Wildman–Crippen MR) is 167 cm³/mol. The Hall–Kier alpha value is -0.330. The monoisotopic (exact) mass is 666 g/mol. The van der Waals surface area contributed by atoms with E-state index in [2.05, 4.69) is 61.0 Å². The van der Waals surface area contributed by atoms with Crippen molar-refractivity contribution in [1.82, 2.24) is 4.90 Å². The van der Waals surface area contributed by atoms with Gasteiger partial charge in [0.2, 0.25) is 5.78 Å². The second-order valence-corrected chi connectivity index (χ2v) is 11.9.